The molecule has 0 fully saturated rings. The van der Waals surface area contributed by atoms with Crippen LogP contribution in [0.4, 0.5) is 0 Å². The van der Waals surface area contributed by atoms with Crippen LogP contribution >= 0.6 is 11.3 Å². The van der Waals surface area contributed by atoms with Crippen molar-refractivity contribution in [1.29, 1.82) is 0 Å². The van der Waals surface area contributed by atoms with Crippen LogP contribution in [0.25, 0.3) is 0 Å². The molecule has 2 rings (SSSR count). The first-order valence-corrected chi connectivity index (χ1v) is 5.12. The van der Waals surface area contributed by atoms with Crippen molar-refractivity contribution in [3.63, 3.8) is 0 Å². The van der Waals surface area contributed by atoms with Gasteiger partial charge in [0.1, 0.15) is 5.69 Å². The topological polar surface area (TPSA) is 47.8 Å². The third kappa shape index (κ3) is 1.88. The summed E-state index contributed by atoms with van der Waals surface area (Å²) in [5.74, 6) is 0. The van der Waals surface area contributed by atoms with Crippen LogP contribution in [-0.2, 0) is 13.0 Å². The molecule has 0 unspecified atom stereocenters. The van der Waals surface area contributed by atoms with Crippen LogP contribution < -0.4 is 0 Å². The Labute approximate surface area is 85.2 Å². The van der Waals surface area contributed by atoms with Gasteiger partial charge in [-0.3, -0.25) is 4.79 Å². The van der Waals surface area contributed by atoms with E-state index in [4.69, 9.17) is 0 Å². The number of carbonyl (C=O) groups excluding carboxylic acids is 1. The van der Waals surface area contributed by atoms with Crippen molar-refractivity contribution < 1.29 is 4.79 Å². The van der Waals surface area contributed by atoms with E-state index in [1.54, 1.807) is 30.1 Å². The summed E-state index contributed by atoms with van der Waals surface area (Å²) in [6, 6.07) is 0. The summed E-state index contributed by atoms with van der Waals surface area (Å²) in [5, 5.41) is 3.03. The number of aryl methyl sites for hydroxylation is 2. The Balaban J connectivity index is 2.01. The largest absolute Gasteiger partial charge is 0.328 e. The number of aldehydes is 1. The monoisotopic (exact) mass is 207 g/mol. The van der Waals surface area contributed by atoms with Crippen LogP contribution in [0, 0.1) is 0 Å². The lowest BCUT2D eigenvalue weighted by atomic mass is 10.4. The highest BCUT2D eigenvalue weighted by Gasteiger charge is 2.01. The number of carbonyl (C=O) groups is 1. The summed E-state index contributed by atoms with van der Waals surface area (Å²) in [7, 11) is 0. The minimum Gasteiger partial charge on any atom is -0.328 e. The normalized spacial score (nSPS) is 10.3. The van der Waals surface area contributed by atoms with Gasteiger partial charge in [0.05, 0.1) is 17.5 Å². The van der Waals surface area contributed by atoms with Gasteiger partial charge in [0.25, 0.3) is 0 Å². The van der Waals surface area contributed by atoms with Gasteiger partial charge in [-0.25, -0.2) is 9.97 Å². The van der Waals surface area contributed by atoms with Crippen LogP contribution in [0.2, 0.25) is 0 Å². The first kappa shape index (κ1) is 9.08. The second-order valence-electron chi connectivity index (χ2n) is 2.81. The summed E-state index contributed by atoms with van der Waals surface area (Å²) in [4.78, 5) is 18.7. The fraction of sp³-hybridized carbons (Fsp3) is 0.222. The maximum atomic E-state index is 10.6. The quantitative estimate of drug-likeness (QED) is 0.712. The van der Waals surface area contributed by atoms with E-state index >= 15 is 0 Å². The van der Waals surface area contributed by atoms with Crippen molar-refractivity contribution in [3.8, 4) is 0 Å². The molecule has 4 nitrogen and oxygen atoms in total. The molecule has 2 aromatic heterocycles. The van der Waals surface area contributed by atoms with E-state index in [0.29, 0.717) is 5.69 Å². The Morgan fingerprint density at radius 2 is 2.50 bits per heavy atom. The minimum absolute atomic E-state index is 0.613. The molecule has 0 spiro atoms. The number of nitrogens with zero attached hydrogens (tertiary/aromatic N) is 3. The molecule has 72 valence electrons. The molecule has 0 aliphatic heterocycles. The Morgan fingerprint density at radius 3 is 3.21 bits per heavy atom. The number of rotatable bonds is 4. The smallest absolute Gasteiger partial charge is 0.168 e. The van der Waals surface area contributed by atoms with Crippen molar-refractivity contribution in [1.82, 2.24) is 14.5 Å². The third-order valence-corrected chi connectivity index (χ3v) is 2.75. The van der Waals surface area contributed by atoms with Gasteiger partial charge in [-0.2, -0.15) is 0 Å². The summed E-state index contributed by atoms with van der Waals surface area (Å²) in [6.45, 7) is 0.752. The standard InChI is InChI=1S/C9H9N3OS/c13-6-8-5-10-7-12(8)3-1-9-11-2-4-14-9/h2,4-7H,1,3H2. The average Bonchev–Trinajstić information content (AvgIpc) is 2.85. The molecule has 0 aliphatic carbocycles. The van der Waals surface area contributed by atoms with E-state index in [1.807, 2.05) is 9.95 Å². The number of hydrogen-bond acceptors (Lipinski definition) is 4. The molecule has 2 aromatic rings. The summed E-state index contributed by atoms with van der Waals surface area (Å²) >= 11 is 1.63. The molecule has 0 saturated heterocycles. The molecule has 14 heavy (non-hydrogen) atoms. The first-order chi connectivity index (χ1) is 6.90. The van der Waals surface area contributed by atoms with Gasteiger partial charge in [-0.1, -0.05) is 0 Å². The number of imidazole rings is 1. The molecule has 0 aliphatic rings. The molecule has 2 heterocycles. The highest BCUT2D eigenvalue weighted by molar-refractivity contribution is 7.09. The van der Waals surface area contributed by atoms with Crippen LogP contribution in [0.15, 0.2) is 24.1 Å². The zero-order chi connectivity index (χ0) is 9.80. The zero-order valence-corrected chi connectivity index (χ0v) is 8.28. The van der Waals surface area contributed by atoms with Crippen LogP contribution in [0.3, 0.4) is 0 Å². The number of aromatic nitrogens is 3. The van der Waals surface area contributed by atoms with Gasteiger partial charge in [-0.15, -0.1) is 11.3 Å². The minimum atomic E-state index is 0.613. The zero-order valence-electron chi connectivity index (χ0n) is 7.46. The van der Waals surface area contributed by atoms with Crippen molar-refractivity contribution in [3.05, 3.63) is 34.8 Å². The molecule has 5 heteroatoms. The molecular formula is C9H9N3OS. The fourth-order valence-corrected chi connectivity index (χ4v) is 1.82. The molecule has 0 radical (unpaired) electrons. The number of hydrogen-bond donors (Lipinski definition) is 0. The predicted molar refractivity (Wildman–Crippen MR) is 53.4 cm³/mol. The van der Waals surface area contributed by atoms with Crippen molar-refractivity contribution in [2.75, 3.05) is 0 Å². The van der Waals surface area contributed by atoms with E-state index in [9.17, 15) is 4.79 Å². The molecule has 0 atom stereocenters. The third-order valence-electron chi connectivity index (χ3n) is 1.92. The van der Waals surface area contributed by atoms with Gasteiger partial charge < -0.3 is 4.57 Å². The molecule has 0 aromatic carbocycles. The molecular weight excluding hydrogens is 198 g/mol. The fourth-order valence-electron chi connectivity index (χ4n) is 1.21. The van der Waals surface area contributed by atoms with Gasteiger partial charge in [0.15, 0.2) is 6.29 Å². The van der Waals surface area contributed by atoms with Gasteiger partial charge in [0, 0.05) is 24.5 Å². The first-order valence-electron chi connectivity index (χ1n) is 4.24. The lowest BCUT2D eigenvalue weighted by Crippen LogP contribution is -2.03. The van der Waals surface area contributed by atoms with Crippen molar-refractivity contribution in [2.24, 2.45) is 0 Å². The van der Waals surface area contributed by atoms with E-state index < -0.39 is 0 Å². The SMILES string of the molecule is O=Cc1cncn1CCc1nccs1. The summed E-state index contributed by atoms with van der Waals surface area (Å²) in [5.41, 5.74) is 0.613. The number of thiazole rings is 1. The second kappa shape index (κ2) is 4.15. The lowest BCUT2D eigenvalue weighted by Gasteiger charge is -2.01. The molecule has 0 bridgehead atoms. The van der Waals surface area contributed by atoms with Crippen molar-refractivity contribution >= 4 is 17.6 Å². The Hall–Kier alpha value is -1.49. The van der Waals surface area contributed by atoms with E-state index in [2.05, 4.69) is 9.97 Å². The average molecular weight is 207 g/mol. The van der Waals surface area contributed by atoms with Gasteiger partial charge in [0.2, 0.25) is 0 Å². The highest BCUT2D eigenvalue weighted by atomic mass is 32.1. The van der Waals surface area contributed by atoms with Crippen LogP contribution in [0.5, 0.6) is 0 Å². The Morgan fingerprint density at radius 1 is 1.57 bits per heavy atom. The maximum Gasteiger partial charge on any atom is 0.168 e. The van der Waals surface area contributed by atoms with Crippen LogP contribution in [0.1, 0.15) is 15.5 Å². The van der Waals surface area contributed by atoms with E-state index in [1.165, 1.54) is 0 Å². The van der Waals surface area contributed by atoms with Gasteiger partial charge in [-0.05, 0) is 0 Å². The summed E-state index contributed by atoms with van der Waals surface area (Å²) < 4.78 is 1.83. The molecule has 0 amide bonds. The molecule has 0 saturated carbocycles. The second-order valence-corrected chi connectivity index (χ2v) is 3.78. The van der Waals surface area contributed by atoms with E-state index in [0.717, 1.165) is 24.3 Å². The Kier molecular flexibility index (Phi) is 2.69. The predicted octanol–water partition coefficient (Wildman–Crippen LogP) is 1.39. The highest BCUT2D eigenvalue weighted by Crippen LogP contribution is 2.06. The van der Waals surface area contributed by atoms with Crippen molar-refractivity contribution in [2.45, 2.75) is 13.0 Å². The lowest BCUT2D eigenvalue weighted by molar-refractivity contribution is 0.111. The van der Waals surface area contributed by atoms with Gasteiger partial charge >= 0.3 is 0 Å². The summed E-state index contributed by atoms with van der Waals surface area (Å²) in [6.07, 6.45) is 6.67. The van der Waals surface area contributed by atoms with Crippen LogP contribution in [-0.4, -0.2) is 20.8 Å². The molecule has 0 N–H and O–H groups in total. The maximum absolute atomic E-state index is 10.6. The van der Waals surface area contributed by atoms with E-state index in [-0.39, 0.29) is 0 Å². The Bertz CT molecular complexity index is 407.